The average Bonchev–Trinajstić information content (AvgIpc) is 2.66. The van der Waals surface area contributed by atoms with Crippen molar-refractivity contribution in [3.8, 4) is 0 Å². The van der Waals surface area contributed by atoms with Gasteiger partial charge in [0.1, 0.15) is 0 Å². The number of nitrogens with two attached hydrogens (primary N) is 1. The summed E-state index contributed by atoms with van der Waals surface area (Å²) in [4.78, 5) is 6.11. The molecule has 3 rings (SSSR count). The second kappa shape index (κ2) is 5.76. The van der Waals surface area contributed by atoms with Gasteiger partial charge in [0.2, 0.25) is 0 Å². The van der Waals surface area contributed by atoms with Crippen LogP contribution in [0.1, 0.15) is 36.9 Å². The summed E-state index contributed by atoms with van der Waals surface area (Å²) in [6, 6.07) is 8.62. The number of likely N-dealkylation sites (tertiary alicyclic amines) is 1. The van der Waals surface area contributed by atoms with Gasteiger partial charge in [-0.15, -0.1) is 0 Å². The van der Waals surface area contributed by atoms with Crippen LogP contribution in [0.4, 0.5) is 0 Å². The molecule has 2 heterocycles. The van der Waals surface area contributed by atoms with Gasteiger partial charge < -0.3 is 10.7 Å². The molecule has 102 valence electrons. The Morgan fingerprint density at radius 2 is 1.89 bits per heavy atom. The maximum absolute atomic E-state index is 5.81. The van der Waals surface area contributed by atoms with Crippen LogP contribution in [-0.2, 0) is 13.1 Å². The van der Waals surface area contributed by atoms with Crippen molar-refractivity contribution in [2.75, 3.05) is 13.1 Å². The predicted octanol–water partition coefficient (Wildman–Crippen LogP) is 3.00. The molecule has 3 N–H and O–H groups in total. The zero-order valence-electron chi connectivity index (χ0n) is 11.5. The van der Waals surface area contributed by atoms with Gasteiger partial charge in [-0.05, 0) is 43.6 Å². The number of nitrogens with zero attached hydrogens (tertiary/aromatic N) is 1. The van der Waals surface area contributed by atoms with E-state index in [0.717, 1.165) is 6.54 Å². The molecule has 1 aromatic heterocycles. The maximum atomic E-state index is 5.81. The number of hydrogen-bond acceptors (Lipinski definition) is 2. The first kappa shape index (κ1) is 12.7. The molecule has 1 aliphatic heterocycles. The van der Waals surface area contributed by atoms with E-state index in [9.17, 15) is 0 Å². The summed E-state index contributed by atoms with van der Waals surface area (Å²) in [6.45, 7) is 4.12. The minimum Gasteiger partial charge on any atom is -0.357 e. The molecule has 0 spiro atoms. The minimum absolute atomic E-state index is 0.609. The zero-order chi connectivity index (χ0) is 13.1. The molecule has 0 saturated carbocycles. The Labute approximate surface area is 114 Å². The molecule has 1 aliphatic rings. The Morgan fingerprint density at radius 3 is 2.63 bits per heavy atom. The Hall–Kier alpha value is -1.32. The second-order valence-corrected chi connectivity index (χ2v) is 5.57. The first-order valence-corrected chi connectivity index (χ1v) is 7.39. The predicted molar refractivity (Wildman–Crippen MR) is 79.9 cm³/mol. The summed E-state index contributed by atoms with van der Waals surface area (Å²) in [5.74, 6) is 0. The van der Waals surface area contributed by atoms with E-state index in [1.165, 1.54) is 60.9 Å². The van der Waals surface area contributed by atoms with Gasteiger partial charge in [0.25, 0.3) is 0 Å². The van der Waals surface area contributed by atoms with Crippen LogP contribution < -0.4 is 5.73 Å². The van der Waals surface area contributed by atoms with Gasteiger partial charge in [0.15, 0.2) is 0 Å². The van der Waals surface area contributed by atoms with E-state index in [2.05, 4.69) is 34.1 Å². The lowest BCUT2D eigenvalue weighted by Crippen LogP contribution is -2.24. The highest BCUT2D eigenvalue weighted by molar-refractivity contribution is 5.83. The molecule has 0 aliphatic carbocycles. The summed E-state index contributed by atoms with van der Waals surface area (Å²) in [5, 5.41) is 1.29. The van der Waals surface area contributed by atoms with Crippen LogP contribution in [0.2, 0.25) is 0 Å². The first-order chi connectivity index (χ1) is 9.36. The Kier molecular flexibility index (Phi) is 3.85. The number of aromatic amines is 1. The van der Waals surface area contributed by atoms with Crippen molar-refractivity contribution in [3.63, 3.8) is 0 Å². The molecular weight excluding hydrogens is 234 g/mol. The van der Waals surface area contributed by atoms with E-state index in [1.54, 1.807) is 0 Å². The van der Waals surface area contributed by atoms with Crippen molar-refractivity contribution in [2.24, 2.45) is 5.73 Å². The molecule has 3 nitrogen and oxygen atoms in total. The van der Waals surface area contributed by atoms with Gasteiger partial charge >= 0.3 is 0 Å². The number of fused-ring (bicyclic) bond motifs is 1. The second-order valence-electron chi connectivity index (χ2n) is 5.57. The zero-order valence-corrected chi connectivity index (χ0v) is 11.5. The number of hydrogen-bond donors (Lipinski definition) is 2. The highest BCUT2D eigenvalue weighted by atomic mass is 15.1. The Balaban J connectivity index is 1.81. The van der Waals surface area contributed by atoms with Crippen molar-refractivity contribution >= 4 is 10.9 Å². The third kappa shape index (κ3) is 2.82. The van der Waals surface area contributed by atoms with Gasteiger partial charge in [-0.25, -0.2) is 0 Å². The number of nitrogens with one attached hydrogen (secondary N) is 1. The van der Waals surface area contributed by atoms with Crippen molar-refractivity contribution in [3.05, 3.63) is 35.5 Å². The average molecular weight is 257 g/mol. The van der Waals surface area contributed by atoms with Crippen LogP contribution in [0, 0.1) is 0 Å². The quantitative estimate of drug-likeness (QED) is 0.888. The van der Waals surface area contributed by atoms with Crippen molar-refractivity contribution in [1.82, 2.24) is 9.88 Å². The van der Waals surface area contributed by atoms with Crippen LogP contribution in [0.5, 0.6) is 0 Å². The van der Waals surface area contributed by atoms with E-state index in [1.807, 2.05) is 0 Å². The topological polar surface area (TPSA) is 45.1 Å². The normalized spacial score (nSPS) is 17.7. The molecule has 19 heavy (non-hydrogen) atoms. The fourth-order valence-electron chi connectivity index (χ4n) is 3.07. The largest absolute Gasteiger partial charge is 0.357 e. The van der Waals surface area contributed by atoms with Crippen molar-refractivity contribution in [2.45, 2.75) is 38.8 Å². The molecule has 0 bridgehead atoms. The standard InChI is InChI=1S/C16H23N3/c17-11-13-6-5-7-16-15(13)10-14(18-16)12-19-8-3-1-2-4-9-19/h5-7,10,18H,1-4,8-9,11-12,17H2. The van der Waals surface area contributed by atoms with E-state index in [-0.39, 0.29) is 0 Å². The lowest BCUT2D eigenvalue weighted by molar-refractivity contribution is 0.274. The molecular formula is C16H23N3. The van der Waals surface area contributed by atoms with Crippen LogP contribution in [0.15, 0.2) is 24.3 Å². The fourth-order valence-corrected chi connectivity index (χ4v) is 3.07. The maximum Gasteiger partial charge on any atom is 0.0459 e. The van der Waals surface area contributed by atoms with Gasteiger partial charge in [-0.2, -0.15) is 0 Å². The summed E-state index contributed by atoms with van der Waals surface area (Å²) < 4.78 is 0. The lowest BCUT2D eigenvalue weighted by atomic mass is 10.1. The monoisotopic (exact) mass is 257 g/mol. The Morgan fingerprint density at radius 1 is 1.11 bits per heavy atom. The molecule has 0 atom stereocenters. The number of H-pyrrole nitrogens is 1. The number of aromatic nitrogens is 1. The number of rotatable bonds is 3. The first-order valence-electron chi connectivity index (χ1n) is 7.39. The van der Waals surface area contributed by atoms with E-state index in [0.29, 0.717) is 6.54 Å². The summed E-state index contributed by atoms with van der Waals surface area (Å²) >= 11 is 0. The third-order valence-electron chi connectivity index (χ3n) is 4.12. The van der Waals surface area contributed by atoms with Crippen molar-refractivity contribution < 1.29 is 0 Å². The van der Waals surface area contributed by atoms with Gasteiger partial charge in [0, 0.05) is 29.7 Å². The van der Waals surface area contributed by atoms with Gasteiger partial charge in [-0.1, -0.05) is 25.0 Å². The SMILES string of the molecule is NCc1cccc2[nH]c(CN3CCCCCC3)cc12. The van der Waals surface area contributed by atoms with Crippen LogP contribution in [-0.4, -0.2) is 23.0 Å². The molecule has 1 aromatic carbocycles. The molecule has 0 unspecified atom stereocenters. The molecule has 0 radical (unpaired) electrons. The van der Waals surface area contributed by atoms with Crippen LogP contribution >= 0.6 is 0 Å². The van der Waals surface area contributed by atoms with Gasteiger partial charge in [-0.3, -0.25) is 4.90 Å². The van der Waals surface area contributed by atoms with E-state index < -0.39 is 0 Å². The van der Waals surface area contributed by atoms with Crippen LogP contribution in [0.25, 0.3) is 10.9 Å². The van der Waals surface area contributed by atoms with E-state index >= 15 is 0 Å². The molecule has 0 amide bonds. The van der Waals surface area contributed by atoms with E-state index in [4.69, 9.17) is 5.73 Å². The lowest BCUT2D eigenvalue weighted by Gasteiger charge is -2.18. The fraction of sp³-hybridized carbons (Fsp3) is 0.500. The highest BCUT2D eigenvalue weighted by Crippen LogP contribution is 2.21. The summed E-state index contributed by atoms with van der Waals surface area (Å²) in [7, 11) is 0. The Bertz CT molecular complexity index is 536. The summed E-state index contributed by atoms with van der Waals surface area (Å²) in [6.07, 6.45) is 5.46. The van der Waals surface area contributed by atoms with Crippen LogP contribution in [0.3, 0.4) is 0 Å². The van der Waals surface area contributed by atoms with Crippen molar-refractivity contribution in [1.29, 1.82) is 0 Å². The highest BCUT2D eigenvalue weighted by Gasteiger charge is 2.11. The van der Waals surface area contributed by atoms with Gasteiger partial charge in [0.05, 0.1) is 0 Å². The molecule has 2 aromatic rings. The molecule has 3 heteroatoms. The third-order valence-corrected chi connectivity index (χ3v) is 4.12. The summed E-state index contributed by atoms with van der Waals surface area (Å²) in [5.41, 5.74) is 9.57. The molecule has 1 saturated heterocycles. The minimum atomic E-state index is 0.609. The smallest absolute Gasteiger partial charge is 0.0459 e. The molecule has 1 fully saturated rings. The number of benzene rings is 1.